The Morgan fingerprint density at radius 3 is 1.13 bits per heavy atom. The van der Waals surface area contributed by atoms with E-state index in [1.807, 2.05) is 160 Å². The molecule has 6 aromatic carbocycles. The Morgan fingerprint density at radius 1 is 0.486 bits per heavy atom. The van der Waals surface area contributed by atoms with Crippen molar-refractivity contribution in [2.24, 2.45) is 0 Å². The molecule has 0 aliphatic heterocycles. The van der Waals surface area contributed by atoms with E-state index in [1.165, 1.54) is 0 Å². The fourth-order valence-electron chi connectivity index (χ4n) is 8.63. The molecule has 0 bridgehead atoms. The Bertz CT molecular complexity index is 2770. The number of sulfone groups is 2. The van der Waals surface area contributed by atoms with E-state index in [2.05, 4.69) is 0 Å². The lowest BCUT2D eigenvalue weighted by Crippen LogP contribution is -2.39. The van der Waals surface area contributed by atoms with E-state index >= 15 is 0 Å². The van der Waals surface area contributed by atoms with Crippen molar-refractivity contribution in [3.63, 3.8) is 0 Å². The monoisotopic (exact) mass is 1010 g/mol. The molecule has 0 aliphatic rings. The molecule has 0 fully saturated rings. The van der Waals surface area contributed by atoms with E-state index in [0.29, 0.717) is 11.1 Å². The molecule has 0 saturated heterocycles. The minimum Gasteiger partial charge on any atom is -0.391 e. The van der Waals surface area contributed by atoms with Crippen LogP contribution in [0.2, 0.25) is 0 Å². The summed E-state index contributed by atoms with van der Waals surface area (Å²) < 4.78 is 58.9. The van der Waals surface area contributed by atoms with Crippen LogP contribution >= 0.6 is 23.5 Å². The van der Waals surface area contributed by atoms with Crippen molar-refractivity contribution in [1.29, 1.82) is 0 Å². The van der Waals surface area contributed by atoms with Gasteiger partial charge in [-0.25, -0.2) is 16.8 Å². The standard InChI is InChI=1S/C60H64O6S4/c1-43-27-35-49(36-28-43)55(57(61)59(69(63,64)53-21-9-7-10-22-53)45(3)17-15-19-47-31-39-51(67-5)40-32-47)25-13-14-26-56(50-37-29-44(2)30-38-50)58(62)60(70(65,66)54-23-11-8-12-24-54)46(4)18-16-20-48-33-41-52(68-6)42-34-48/h7-24,27-42,55-62H,25-26H2,1-6H3. The summed E-state index contributed by atoms with van der Waals surface area (Å²) in [4.78, 5) is 2.50. The number of rotatable bonds is 22. The Labute approximate surface area is 425 Å². The van der Waals surface area contributed by atoms with Gasteiger partial charge in [0, 0.05) is 21.6 Å². The summed E-state index contributed by atoms with van der Waals surface area (Å²) in [5, 5.41) is 22.7. The highest BCUT2D eigenvalue weighted by molar-refractivity contribution is 7.98. The first-order valence-corrected chi connectivity index (χ1v) is 28.9. The van der Waals surface area contributed by atoms with Crippen LogP contribution in [0.25, 0.3) is 12.2 Å². The predicted molar refractivity (Wildman–Crippen MR) is 295 cm³/mol. The second kappa shape index (κ2) is 25.6. The topological polar surface area (TPSA) is 109 Å². The van der Waals surface area contributed by atoms with Gasteiger partial charge >= 0.3 is 0 Å². The van der Waals surface area contributed by atoms with Gasteiger partial charge in [-0.3, -0.25) is 0 Å². The van der Waals surface area contributed by atoms with Gasteiger partial charge in [-0.15, -0.1) is 23.5 Å². The lowest BCUT2D eigenvalue weighted by atomic mass is 9.84. The van der Waals surface area contributed by atoms with Gasteiger partial charge in [-0.1, -0.05) is 180 Å². The first kappa shape index (κ1) is 53.9. The molecular formula is C60H64O6S4. The van der Waals surface area contributed by atoms with Crippen LogP contribution in [0.15, 0.2) is 225 Å². The maximum Gasteiger partial charge on any atom is 0.187 e. The lowest BCUT2D eigenvalue weighted by Gasteiger charge is -2.31. The summed E-state index contributed by atoms with van der Waals surface area (Å²) in [7, 11) is -8.24. The Kier molecular flexibility index (Phi) is 19.7. The van der Waals surface area contributed by atoms with Gasteiger partial charge in [-0.2, -0.15) is 0 Å². The van der Waals surface area contributed by atoms with Crippen LogP contribution in [0.3, 0.4) is 0 Å². The van der Waals surface area contributed by atoms with Gasteiger partial charge in [-0.05, 0) is 124 Å². The third-order valence-corrected chi connectivity index (χ3v) is 18.6. The molecule has 6 rings (SSSR count). The molecule has 0 spiro atoms. The van der Waals surface area contributed by atoms with E-state index in [0.717, 1.165) is 43.2 Å². The molecule has 6 nitrogen and oxygen atoms in total. The van der Waals surface area contributed by atoms with E-state index in [-0.39, 0.29) is 22.6 Å². The van der Waals surface area contributed by atoms with Crippen LogP contribution in [0, 0.1) is 13.8 Å². The normalized spacial score (nSPS) is 15.5. The summed E-state index contributed by atoms with van der Waals surface area (Å²) in [6.45, 7) is 7.45. The number of hydrogen-bond donors (Lipinski definition) is 2. The fourth-order valence-corrected chi connectivity index (χ4v) is 13.4. The van der Waals surface area contributed by atoms with Crippen LogP contribution in [0.5, 0.6) is 0 Å². The Hall–Kier alpha value is -5.46. The number of aliphatic hydroxyl groups excluding tert-OH is 2. The van der Waals surface area contributed by atoms with Crippen molar-refractivity contribution < 1.29 is 27.0 Å². The quantitative estimate of drug-likeness (QED) is 0.0393. The van der Waals surface area contributed by atoms with Crippen molar-refractivity contribution in [1.82, 2.24) is 0 Å². The average Bonchev–Trinajstić information content (AvgIpc) is 3.36. The van der Waals surface area contributed by atoms with Crippen LogP contribution in [0.1, 0.15) is 71.9 Å². The number of benzene rings is 6. The Morgan fingerprint density at radius 2 is 0.814 bits per heavy atom. The predicted octanol–water partition coefficient (Wildman–Crippen LogP) is 13.7. The van der Waals surface area contributed by atoms with E-state index in [1.54, 1.807) is 110 Å². The number of thioether (sulfide) groups is 2. The van der Waals surface area contributed by atoms with Crippen LogP contribution in [-0.2, 0) is 19.7 Å². The van der Waals surface area contributed by atoms with Crippen molar-refractivity contribution in [3.05, 3.63) is 239 Å². The summed E-state index contributed by atoms with van der Waals surface area (Å²) >= 11 is 3.31. The average molecular weight is 1010 g/mol. The highest BCUT2D eigenvalue weighted by atomic mass is 32.2. The second-order valence-corrected chi connectivity index (χ2v) is 23.5. The molecule has 6 aromatic rings. The van der Waals surface area contributed by atoms with Crippen molar-refractivity contribution >= 4 is 55.4 Å². The summed E-state index contributed by atoms with van der Waals surface area (Å²) in [6, 6.07) is 48.2. The highest BCUT2D eigenvalue weighted by Gasteiger charge is 2.41. The molecule has 0 aromatic heterocycles. The van der Waals surface area contributed by atoms with Crippen LogP contribution in [-0.4, -0.2) is 62.3 Å². The van der Waals surface area contributed by atoms with E-state index in [9.17, 15) is 27.0 Å². The molecule has 0 aliphatic carbocycles. The second-order valence-electron chi connectivity index (χ2n) is 17.6. The van der Waals surface area contributed by atoms with Gasteiger partial charge in [0.1, 0.15) is 10.5 Å². The first-order valence-electron chi connectivity index (χ1n) is 23.3. The molecule has 0 saturated carbocycles. The number of aliphatic hydroxyl groups is 2. The summed E-state index contributed by atoms with van der Waals surface area (Å²) in [6.07, 6.45) is 16.6. The SMILES string of the molecule is CSc1ccc(C=CC=C(C)C(C(O)C(CC=CCC(c2ccc(C)cc2)C(O)C(C(C)=CC=Cc2ccc(SC)cc2)S(=O)(=O)c2ccccc2)c2ccc(C)cc2)S(=O)(=O)c2ccccc2)cc1. The third-order valence-electron chi connectivity index (χ3n) is 12.6. The van der Waals surface area contributed by atoms with Gasteiger partial charge in [0.2, 0.25) is 0 Å². The largest absolute Gasteiger partial charge is 0.391 e. The molecule has 70 heavy (non-hydrogen) atoms. The van der Waals surface area contributed by atoms with E-state index in [4.69, 9.17) is 0 Å². The summed E-state index contributed by atoms with van der Waals surface area (Å²) in [5.41, 5.74) is 6.46. The molecule has 6 atom stereocenters. The molecule has 0 amide bonds. The molecule has 2 N–H and O–H groups in total. The van der Waals surface area contributed by atoms with Crippen LogP contribution < -0.4 is 0 Å². The molecule has 10 heteroatoms. The maximum atomic E-state index is 14.7. The lowest BCUT2D eigenvalue weighted by molar-refractivity contribution is 0.143. The van der Waals surface area contributed by atoms with Crippen molar-refractivity contribution in [2.75, 3.05) is 12.5 Å². The zero-order chi connectivity index (χ0) is 50.3. The van der Waals surface area contributed by atoms with Gasteiger partial charge in [0.25, 0.3) is 0 Å². The molecule has 0 radical (unpaired) electrons. The van der Waals surface area contributed by atoms with Crippen LogP contribution in [0.4, 0.5) is 0 Å². The fraction of sp³-hybridized carbons (Fsp3) is 0.233. The number of hydrogen-bond acceptors (Lipinski definition) is 8. The molecular weight excluding hydrogens is 945 g/mol. The molecule has 364 valence electrons. The van der Waals surface area contributed by atoms with E-state index < -0.39 is 54.2 Å². The highest BCUT2D eigenvalue weighted by Crippen LogP contribution is 2.37. The molecule has 6 unspecified atom stereocenters. The minimum absolute atomic E-state index is 0.112. The van der Waals surface area contributed by atoms with Gasteiger partial charge < -0.3 is 10.2 Å². The van der Waals surface area contributed by atoms with Crippen molar-refractivity contribution in [3.8, 4) is 0 Å². The van der Waals surface area contributed by atoms with Crippen molar-refractivity contribution in [2.45, 2.75) is 94.7 Å². The summed E-state index contributed by atoms with van der Waals surface area (Å²) in [5.74, 6) is -1.34. The zero-order valence-electron chi connectivity index (χ0n) is 40.7. The zero-order valence-corrected chi connectivity index (χ0v) is 43.9. The van der Waals surface area contributed by atoms with Gasteiger partial charge in [0.15, 0.2) is 19.7 Å². The number of aryl methyl sites for hydroxylation is 2. The number of allylic oxidation sites excluding steroid dienone is 6. The first-order chi connectivity index (χ1) is 33.6. The third kappa shape index (κ3) is 14.1. The van der Waals surface area contributed by atoms with Gasteiger partial charge in [0.05, 0.1) is 22.0 Å². The minimum atomic E-state index is -4.12. The Balaban J connectivity index is 1.37. The molecule has 0 heterocycles. The maximum absolute atomic E-state index is 14.7. The smallest absolute Gasteiger partial charge is 0.187 e.